The number of fused-ring (bicyclic) bond motifs is 3. The molecule has 3 unspecified atom stereocenters. The summed E-state index contributed by atoms with van der Waals surface area (Å²) in [5.41, 5.74) is 10.6. The number of aryl methyl sites for hydroxylation is 1. The summed E-state index contributed by atoms with van der Waals surface area (Å²) in [6.45, 7) is 0. The third-order valence-corrected chi connectivity index (χ3v) is 5.04. The molecule has 2 aliphatic carbocycles. The van der Waals surface area contributed by atoms with E-state index in [2.05, 4.69) is 29.6 Å². The Labute approximate surface area is 130 Å². The largest absolute Gasteiger partial charge is 0.399 e. The van der Waals surface area contributed by atoms with E-state index in [1.807, 2.05) is 24.3 Å². The zero-order valence-electron chi connectivity index (χ0n) is 12.5. The van der Waals surface area contributed by atoms with Crippen molar-refractivity contribution < 1.29 is 4.79 Å². The molecular formula is C19H20N2O. The van der Waals surface area contributed by atoms with E-state index in [0.717, 1.165) is 17.7 Å². The minimum Gasteiger partial charge on any atom is -0.399 e. The van der Waals surface area contributed by atoms with Crippen LogP contribution in [0, 0.1) is 5.92 Å². The lowest BCUT2D eigenvalue weighted by molar-refractivity contribution is -0.121. The van der Waals surface area contributed by atoms with E-state index in [9.17, 15) is 4.79 Å². The first-order valence-electron chi connectivity index (χ1n) is 7.94. The maximum absolute atomic E-state index is 12.2. The van der Waals surface area contributed by atoms with Crippen molar-refractivity contribution in [1.82, 2.24) is 5.32 Å². The van der Waals surface area contributed by atoms with Crippen LogP contribution in [-0.2, 0) is 17.6 Å². The monoisotopic (exact) mass is 292 g/mol. The Balaban J connectivity index is 1.33. The van der Waals surface area contributed by atoms with Gasteiger partial charge in [0.1, 0.15) is 0 Å². The second-order valence-corrected chi connectivity index (χ2v) is 6.38. The number of anilines is 1. The second kappa shape index (κ2) is 5.16. The molecule has 3 N–H and O–H groups in total. The molecule has 2 aromatic rings. The molecule has 0 saturated heterocycles. The van der Waals surface area contributed by atoms with Crippen LogP contribution in [0.3, 0.4) is 0 Å². The molecule has 0 aromatic heterocycles. The number of nitrogen functional groups attached to an aromatic ring is 1. The number of carbonyl (C=O) groups excluding carboxylic acids is 1. The lowest BCUT2D eigenvalue weighted by Crippen LogP contribution is -2.29. The first kappa shape index (κ1) is 13.4. The SMILES string of the molecule is Nc1ccccc1CCC(=O)NC1C2Cc3ccccc3C21. The molecule has 3 heteroatoms. The first-order chi connectivity index (χ1) is 10.7. The van der Waals surface area contributed by atoms with Gasteiger partial charge in [0.25, 0.3) is 0 Å². The molecule has 3 atom stereocenters. The summed E-state index contributed by atoms with van der Waals surface area (Å²) in [4.78, 5) is 12.2. The summed E-state index contributed by atoms with van der Waals surface area (Å²) in [6, 6.07) is 16.7. The molecule has 0 heterocycles. The van der Waals surface area contributed by atoms with Crippen LogP contribution in [0.5, 0.6) is 0 Å². The Kier molecular flexibility index (Phi) is 3.14. The standard InChI is InChI=1S/C19H20N2O/c20-16-8-4-2-5-12(16)9-10-17(22)21-19-15-11-13-6-1-3-7-14(13)18(15)19/h1-8,15,18-19H,9-11,20H2,(H,21,22). The highest BCUT2D eigenvalue weighted by molar-refractivity contribution is 5.77. The van der Waals surface area contributed by atoms with Crippen LogP contribution in [0.15, 0.2) is 48.5 Å². The van der Waals surface area contributed by atoms with Gasteiger partial charge in [0.15, 0.2) is 0 Å². The molecule has 0 radical (unpaired) electrons. The summed E-state index contributed by atoms with van der Waals surface area (Å²) in [5, 5.41) is 3.21. The third-order valence-electron chi connectivity index (χ3n) is 5.04. The fourth-order valence-corrected chi connectivity index (χ4v) is 3.82. The minimum atomic E-state index is 0.139. The smallest absolute Gasteiger partial charge is 0.220 e. The van der Waals surface area contributed by atoms with Gasteiger partial charge in [-0.25, -0.2) is 0 Å². The molecular weight excluding hydrogens is 272 g/mol. The van der Waals surface area contributed by atoms with E-state index in [0.29, 0.717) is 30.7 Å². The first-order valence-corrected chi connectivity index (χ1v) is 7.94. The third kappa shape index (κ3) is 2.27. The molecule has 1 fully saturated rings. The number of hydrogen-bond donors (Lipinski definition) is 2. The van der Waals surface area contributed by atoms with Gasteiger partial charge >= 0.3 is 0 Å². The molecule has 1 saturated carbocycles. The molecule has 22 heavy (non-hydrogen) atoms. The molecule has 0 spiro atoms. The van der Waals surface area contributed by atoms with Gasteiger partial charge in [0, 0.05) is 24.1 Å². The topological polar surface area (TPSA) is 55.1 Å². The highest BCUT2D eigenvalue weighted by Gasteiger charge is 2.56. The van der Waals surface area contributed by atoms with E-state index in [4.69, 9.17) is 5.73 Å². The number of para-hydroxylation sites is 1. The average molecular weight is 292 g/mol. The normalized spacial score (nSPS) is 24.5. The van der Waals surface area contributed by atoms with E-state index >= 15 is 0 Å². The van der Waals surface area contributed by atoms with Crippen LogP contribution >= 0.6 is 0 Å². The predicted octanol–water partition coefficient (Wildman–Crippen LogP) is 2.66. The average Bonchev–Trinajstić information content (AvgIpc) is 3.04. The number of benzene rings is 2. The number of nitrogens with one attached hydrogen (secondary N) is 1. The van der Waals surface area contributed by atoms with E-state index in [1.54, 1.807) is 0 Å². The van der Waals surface area contributed by atoms with Gasteiger partial charge < -0.3 is 11.1 Å². The summed E-state index contributed by atoms with van der Waals surface area (Å²) in [7, 11) is 0. The van der Waals surface area contributed by atoms with Gasteiger partial charge in [-0.15, -0.1) is 0 Å². The number of rotatable bonds is 4. The second-order valence-electron chi connectivity index (χ2n) is 6.38. The molecule has 3 nitrogen and oxygen atoms in total. The fraction of sp³-hybridized carbons (Fsp3) is 0.316. The molecule has 0 aliphatic heterocycles. The van der Waals surface area contributed by atoms with Gasteiger partial charge in [-0.05, 0) is 41.5 Å². The van der Waals surface area contributed by atoms with Gasteiger partial charge in [-0.2, -0.15) is 0 Å². The van der Waals surface area contributed by atoms with Crippen LogP contribution < -0.4 is 11.1 Å². The van der Waals surface area contributed by atoms with Crippen LogP contribution in [0.1, 0.15) is 29.0 Å². The van der Waals surface area contributed by atoms with Crippen molar-refractivity contribution in [1.29, 1.82) is 0 Å². The highest BCUT2D eigenvalue weighted by Crippen LogP contribution is 2.56. The number of amides is 1. The number of nitrogens with two attached hydrogens (primary N) is 1. The summed E-state index contributed by atoms with van der Waals surface area (Å²) in [6.07, 6.45) is 2.32. The van der Waals surface area contributed by atoms with Gasteiger partial charge in [0.05, 0.1) is 0 Å². The van der Waals surface area contributed by atoms with E-state index in [1.165, 1.54) is 11.1 Å². The molecule has 4 rings (SSSR count). The number of carbonyl (C=O) groups is 1. The molecule has 1 amide bonds. The Morgan fingerprint density at radius 1 is 1.14 bits per heavy atom. The summed E-state index contributed by atoms with van der Waals surface area (Å²) < 4.78 is 0. The Morgan fingerprint density at radius 2 is 1.91 bits per heavy atom. The predicted molar refractivity (Wildman–Crippen MR) is 87.5 cm³/mol. The zero-order valence-corrected chi connectivity index (χ0v) is 12.5. The van der Waals surface area contributed by atoms with Crippen molar-refractivity contribution >= 4 is 11.6 Å². The van der Waals surface area contributed by atoms with Gasteiger partial charge in [-0.3, -0.25) is 4.79 Å². The molecule has 2 aromatic carbocycles. The van der Waals surface area contributed by atoms with E-state index < -0.39 is 0 Å². The van der Waals surface area contributed by atoms with Crippen LogP contribution in [0.25, 0.3) is 0 Å². The quantitative estimate of drug-likeness (QED) is 0.851. The maximum atomic E-state index is 12.2. The summed E-state index contributed by atoms with van der Waals surface area (Å²) in [5.74, 6) is 1.30. The lowest BCUT2D eigenvalue weighted by atomic mass is 10.0. The summed E-state index contributed by atoms with van der Waals surface area (Å²) >= 11 is 0. The van der Waals surface area contributed by atoms with Crippen molar-refractivity contribution in [3.63, 3.8) is 0 Å². The van der Waals surface area contributed by atoms with Crippen molar-refractivity contribution in [2.24, 2.45) is 5.92 Å². The van der Waals surface area contributed by atoms with E-state index in [-0.39, 0.29) is 5.91 Å². The van der Waals surface area contributed by atoms with Gasteiger partial charge in [0.2, 0.25) is 5.91 Å². The Hall–Kier alpha value is -2.29. The van der Waals surface area contributed by atoms with Crippen molar-refractivity contribution in [2.45, 2.75) is 31.2 Å². The zero-order chi connectivity index (χ0) is 15.1. The molecule has 2 aliphatic rings. The lowest BCUT2D eigenvalue weighted by Gasteiger charge is -2.10. The minimum absolute atomic E-state index is 0.139. The van der Waals surface area contributed by atoms with Crippen LogP contribution in [0.4, 0.5) is 5.69 Å². The van der Waals surface area contributed by atoms with Gasteiger partial charge in [-0.1, -0.05) is 42.5 Å². The molecule has 0 bridgehead atoms. The van der Waals surface area contributed by atoms with Crippen LogP contribution in [0.2, 0.25) is 0 Å². The van der Waals surface area contributed by atoms with Crippen molar-refractivity contribution in [3.8, 4) is 0 Å². The number of hydrogen-bond acceptors (Lipinski definition) is 2. The Bertz CT molecular complexity index is 725. The Morgan fingerprint density at radius 3 is 2.77 bits per heavy atom. The molecule has 112 valence electrons. The van der Waals surface area contributed by atoms with Crippen molar-refractivity contribution in [3.05, 3.63) is 65.2 Å². The highest BCUT2D eigenvalue weighted by atomic mass is 16.1. The van der Waals surface area contributed by atoms with Crippen molar-refractivity contribution in [2.75, 3.05) is 5.73 Å². The van der Waals surface area contributed by atoms with Crippen LogP contribution in [-0.4, -0.2) is 11.9 Å². The fourth-order valence-electron chi connectivity index (χ4n) is 3.82. The maximum Gasteiger partial charge on any atom is 0.220 e.